The van der Waals surface area contributed by atoms with Crippen molar-refractivity contribution in [2.75, 3.05) is 0 Å². The van der Waals surface area contributed by atoms with Gasteiger partial charge in [-0.25, -0.2) is 8.78 Å². The summed E-state index contributed by atoms with van der Waals surface area (Å²) in [6.45, 7) is 0.403. The zero-order chi connectivity index (χ0) is 9.23. The van der Waals surface area contributed by atoms with E-state index < -0.39 is 24.0 Å². The molecule has 4 N–H and O–H groups in total. The Hall–Kier alpha value is -0.750. The summed E-state index contributed by atoms with van der Waals surface area (Å²) in [5.74, 6) is -5.14. The molecule has 2 atom stereocenters. The Morgan fingerprint density at radius 3 is 2.09 bits per heavy atom. The summed E-state index contributed by atoms with van der Waals surface area (Å²) in [7, 11) is 0. The topological polar surface area (TPSA) is 83.5 Å². The van der Waals surface area contributed by atoms with Gasteiger partial charge in [0.25, 0.3) is 5.92 Å². The summed E-state index contributed by atoms with van der Waals surface area (Å²) in [6, 6.07) is -1.95. The van der Waals surface area contributed by atoms with Crippen molar-refractivity contribution in [2.45, 2.75) is 25.0 Å². The predicted molar refractivity (Wildman–Crippen MR) is 32.2 cm³/mol. The molecule has 66 valence electrons. The Bertz CT molecular complexity index is 156. The van der Waals surface area contributed by atoms with Crippen LogP contribution in [-0.4, -0.2) is 34.3 Å². The third-order valence-electron chi connectivity index (χ3n) is 1.14. The first-order valence-corrected chi connectivity index (χ1v) is 2.81. The lowest BCUT2D eigenvalue weighted by atomic mass is 10.1. The molecule has 0 bridgehead atoms. The molecule has 0 spiro atoms. The second-order valence-corrected chi connectivity index (χ2v) is 2.27. The molecule has 0 saturated carbocycles. The van der Waals surface area contributed by atoms with Crippen LogP contribution >= 0.6 is 0 Å². The molecule has 2 unspecified atom stereocenters. The fourth-order valence-corrected chi connectivity index (χ4v) is 0.450. The van der Waals surface area contributed by atoms with Crippen LogP contribution in [0.4, 0.5) is 8.78 Å². The monoisotopic (exact) mass is 169 g/mol. The highest BCUT2D eigenvalue weighted by Gasteiger charge is 2.40. The number of carboxylic acid groups (broad SMARTS) is 1. The Morgan fingerprint density at radius 2 is 2.00 bits per heavy atom. The van der Waals surface area contributed by atoms with Gasteiger partial charge in [-0.3, -0.25) is 4.79 Å². The van der Waals surface area contributed by atoms with Gasteiger partial charge in [0.2, 0.25) is 0 Å². The number of carboxylic acids is 1. The first-order valence-electron chi connectivity index (χ1n) is 2.81. The molecular weight excluding hydrogens is 160 g/mol. The van der Waals surface area contributed by atoms with Crippen molar-refractivity contribution in [3.8, 4) is 0 Å². The van der Waals surface area contributed by atoms with Crippen LogP contribution in [-0.2, 0) is 4.79 Å². The number of aliphatic carboxylic acids is 1. The van der Waals surface area contributed by atoms with E-state index in [9.17, 15) is 13.6 Å². The molecule has 0 saturated heterocycles. The summed E-state index contributed by atoms with van der Waals surface area (Å²) in [5.41, 5.74) is 4.72. The van der Waals surface area contributed by atoms with Gasteiger partial charge in [-0.1, -0.05) is 0 Å². The van der Waals surface area contributed by atoms with E-state index in [0.29, 0.717) is 6.92 Å². The van der Waals surface area contributed by atoms with E-state index in [-0.39, 0.29) is 0 Å². The number of halogens is 2. The van der Waals surface area contributed by atoms with Gasteiger partial charge in [-0.2, -0.15) is 0 Å². The lowest BCUT2D eigenvalue weighted by Crippen LogP contribution is -2.50. The van der Waals surface area contributed by atoms with E-state index in [2.05, 4.69) is 0 Å². The lowest BCUT2D eigenvalue weighted by Gasteiger charge is -2.20. The maximum Gasteiger partial charge on any atom is 0.323 e. The molecule has 11 heavy (non-hydrogen) atoms. The maximum absolute atomic E-state index is 12.1. The smallest absolute Gasteiger partial charge is 0.323 e. The fourth-order valence-electron chi connectivity index (χ4n) is 0.450. The quantitative estimate of drug-likeness (QED) is 0.527. The minimum Gasteiger partial charge on any atom is -0.480 e. The molecule has 6 heteroatoms. The number of hydrogen-bond donors (Lipinski definition) is 3. The lowest BCUT2D eigenvalue weighted by molar-refractivity contribution is -0.152. The molecule has 0 aliphatic rings. The molecule has 0 rings (SSSR count). The number of carbonyl (C=O) groups is 1. The van der Waals surface area contributed by atoms with E-state index in [1.54, 1.807) is 0 Å². The van der Waals surface area contributed by atoms with Gasteiger partial charge < -0.3 is 15.9 Å². The zero-order valence-electron chi connectivity index (χ0n) is 5.79. The van der Waals surface area contributed by atoms with Crippen LogP contribution in [0.15, 0.2) is 0 Å². The van der Waals surface area contributed by atoms with Crippen LogP contribution in [0.2, 0.25) is 0 Å². The van der Waals surface area contributed by atoms with Crippen molar-refractivity contribution >= 4 is 5.97 Å². The van der Waals surface area contributed by atoms with Crippen LogP contribution in [0.5, 0.6) is 0 Å². The van der Waals surface area contributed by atoms with E-state index in [1.807, 2.05) is 0 Å². The van der Waals surface area contributed by atoms with Gasteiger partial charge in [-0.05, 0) is 0 Å². The van der Waals surface area contributed by atoms with Crippen molar-refractivity contribution in [3.05, 3.63) is 0 Å². The number of nitrogens with two attached hydrogens (primary N) is 1. The van der Waals surface area contributed by atoms with Gasteiger partial charge in [-0.15, -0.1) is 0 Å². The van der Waals surface area contributed by atoms with E-state index in [0.717, 1.165) is 0 Å². The molecule has 4 nitrogen and oxygen atoms in total. The molecular formula is C5H9F2NO3. The summed E-state index contributed by atoms with van der Waals surface area (Å²) in [5, 5.41) is 16.7. The number of rotatable bonds is 3. The van der Waals surface area contributed by atoms with Gasteiger partial charge in [0.1, 0.15) is 12.1 Å². The van der Waals surface area contributed by atoms with Gasteiger partial charge in [0.05, 0.1) is 0 Å². The second-order valence-electron chi connectivity index (χ2n) is 2.27. The number of aliphatic hydroxyl groups is 1. The molecule has 0 amide bonds. The van der Waals surface area contributed by atoms with Crippen LogP contribution in [0.1, 0.15) is 6.92 Å². The first kappa shape index (κ1) is 10.2. The normalized spacial score (nSPS) is 17.5. The second kappa shape index (κ2) is 3.10. The predicted octanol–water partition coefficient (Wildman–Crippen LogP) is -0.586. The molecule has 0 aliphatic carbocycles. The Labute approximate surface area is 61.6 Å². The van der Waals surface area contributed by atoms with E-state index in [4.69, 9.17) is 15.9 Å². The summed E-state index contributed by atoms with van der Waals surface area (Å²) >= 11 is 0. The van der Waals surface area contributed by atoms with Crippen LogP contribution in [0.3, 0.4) is 0 Å². The molecule has 0 aromatic rings. The largest absolute Gasteiger partial charge is 0.480 e. The molecule has 0 fully saturated rings. The highest BCUT2D eigenvalue weighted by molar-refractivity contribution is 5.74. The Kier molecular flexibility index (Phi) is 2.89. The molecule has 0 aliphatic heterocycles. The Morgan fingerprint density at radius 1 is 1.64 bits per heavy atom. The molecule has 0 heterocycles. The molecule has 0 aromatic heterocycles. The first-order chi connectivity index (χ1) is 4.76. The molecule has 0 aromatic carbocycles. The fraction of sp³-hybridized carbons (Fsp3) is 0.800. The van der Waals surface area contributed by atoms with Crippen molar-refractivity contribution in [1.29, 1.82) is 0 Å². The van der Waals surface area contributed by atoms with Gasteiger partial charge >= 0.3 is 5.97 Å². The highest BCUT2D eigenvalue weighted by Crippen LogP contribution is 2.18. The van der Waals surface area contributed by atoms with Gasteiger partial charge in [0.15, 0.2) is 0 Å². The van der Waals surface area contributed by atoms with Gasteiger partial charge in [0, 0.05) is 6.92 Å². The van der Waals surface area contributed by atoms with Crippen molar-refractivity contribution in [3.63, 3.8) is 0 Å². The van der Waals surface area contributed by atoms with Crippen molar-refractivity contribution < 1.29 is 23.8 Å². The summed E-state index contributed by atoms with van der Waals surface area (Å²) in [6.07, 6.45) is -2.35. The highest BCUT2D eigenvalue weighted by atomic mass is 19.3. The average Bonchev–Trinajstić information content (AvgIpc) is 1.82. The number of hydrogen-bond acceptors (Lipinski definition) is 3. The maximum atomic E-state index is 12.1. The Balaban J connectivity index is 4.25. The zero-order valence-corrected chi connectivity index (χ0v) is 5.79. The third kappa shape index (κ3) is 2.77. The third-order valence-corrected chi connectivity index (χ3v) is 1.14. The SMILES string of the molecule is CC(F)(F)C(O)C(N)C(=O)O. The summed E-state index contributed by atoms with van der Waals surface area (Å²) in [4.78, 5) is 9.97. The minimum absolute atomic E-state index is 0.403. The van der Waals surface area contributed by atoms with Crippen molar-refractivity contribution in [2.24, 2.45) is 5.73 Å². The van der Waals surface area contributed by atoms with Crippen LogP contribution in [0, 0.1) is 0 Å². The van der Waals surface area contributed by atoms with E-state index in [1.165, 1.54) is 0 Å². The van der Waals surface area contributed by atoms with Crippen LogP contribution < -0.4 is 5.73 Å². The van der Waals surface area contributed by atoms with Crippen LogP contribution in [0.25, 0.3) is 0 Å². The average molecular weight is 169 g/mol. The number of aliphatic hydroxyl groups excluding tert-OH is 1. The standard InChI is InChI=1S/C5H9F2NO3/c1-5(6,7)3(9)2(8)4(10)11/h2-3,9H,8H2,1H3,(H,10,11). The minimum atomic E-state index is -3.49. The van der Waals surface area contributed by atoms with E-state index >= 15 is 0 Å². The molecule has 0 radical (unpaired) electrons. The van der Waals surface area contributed by atoms with Crippen molar-refractivity contribution in [1.82, 2.24) is 0 Å². The summed E-state index contributed by atoms with van der Waals surface area (Å²) < 4.78 is 24.3. The number of alkyl halides is 2.